The molecule has 0 aromatic heterocycles. The monoisotopic (exact) mass is 294 g/mol. The second-order valence-electron chi connectivity index (χ2n) is 5.43. The Bertz CT molecular complexity index is 710. The zero-order chi connectivity index (χ0) is 15.5. The average molecular weight is 294 g/mol. The number of fused-ring (bicyclic) bond motifs is 1. The van der Waals surface area contributed by atoms with Crippen LogP contribution in [0.3, 0.4) is 0 Å². The zero-order valence-corrected chi connectivity index (χ0v) is 12.5. The van der Waals surface area contributed by atoms with Crippen molar-refractivity contribution in [3.8, 4) is 0 Å². The molecule has 1 heterocycles. The molecule has 0 fully saturated rings. The van der Waals surface area contributed by atoms with Crippen LogP contribution in [-0.4, -0.2) is 18.4 Å². The van der Waals surface area contributed by atoms with Crippen LogP contribution in [0.2, 0.25) is 0 Å². The molecule has 112 valence electrons. The summed E-state index contributed by atoms with van der Waals surface area (Å²) in [6, 6.07) is 15.3. The molecule has 0 aliphatic carbocycles. The van der Waals surface area contributed by atoms with Crippen molar-refractivity contribution in [3.63, 3.8) is 0 Å². The van der Waals surface area contributed by atoms with Crippen LogP contribution in [0.15, 0.2) is 48.5 Å². The van der Waals surface area contributed by atoms with Gasteiger partial charge in [-0.25, -0.2) is 0 Å². The molecule has 0 saturated heterocycles. The van der Waals surface area contributed by atoms with Crippen LogP contribution in [-0.2, 0) is 17.8 Å². The number of amides is 2. The highest BCUT2D eigenvalue weighted by atomic mass is 16.2. The van der Waals surface area contributed by atoms with Crippen LogP contribution in [0.4, 0.5) is 5.69 Å². The molecule has 3 rings (SSSR count). The van der Waals surface area contributed by atoms with Crippen LogP contribution in [0.5, 0.6) is 0 Å². The molecule has 1 aliphatic heterocycles. The highest BCUT2D eigenvalue weighted by molar-refractivity contribution is 5.97. The van der Waals surface area contributed by atoms with E-state index in [4.69, 9.17) is 0 Å². The second kappa shape index (κ2) is 6.02. The lowest BCUT2D eigenvalue weighted by atomic mass is 10.1. The molecule has 0 saturated carbocycles. The Morgan fingerprint density at radius 2 is 1.91 bits per heavy atom. The van der Waals surface area contributed by atoms with Gasteiger partial charge in [-0.05, 0) is 35.7 Å². The lowest BCUT2D eigenvalue weighted by Crippen LogP contribution is -2.26. The fourth-order valence-corrected chi connectivity index (χ4v) is 2.75. The summed E-state index contributed by atoms with van der Waals surface area (Å²) in [5, 5.41) is 2.92. The Hall–Kier alpha value is -2.62. The number of hydrogen-bond donors (Lipinski definition) is 1. The van der Waals surface area contributed by atoms with E-state index >= 15 is 0 Å². The van der Waals surface area contributed by atoms with Crippen LogP contribution < -0.4 is 10.2 Å². The van der Waals surface area contributed by atoms with Gasteiger partial charge in [-0.15, -0.1) is 0 Å². The summed E-state index contributed by atoms with van der Waals surface area (Å²) in [4.78, 5) is 25.5. The van der Waals surface area contributed by atoms with E-state index in [0.717, 1.165) is 23.2 Å². The maximum absolute atomic E-state index is 12.2. The zero-order valence-electron chi connectivity index (χ0n) is 12.5. The minimum Gasteiger partial charge on any atom is -0.348 e. The first-order valence-electron chi connectivity index (χ1n) is 7.38. The van der Waals surface area contributed by atoms with E-state index in [-0.39, 0.29) is 11.8 Å². The number of carbonyl (C=O) groups is 2. The molecule has 4 heteroatoms. The molecule has 2 aromatic rings. The minimum absolute atomic E-state index is 0.0417. The Morgan fingerprint density at radius 3 is 2.64 bits per heavy atom. The lowest BCUT2D eigenvalue weighted by Gasteiger charge is -2.14. The molecule has 0 unspecified atom stereocenters. The van der Waals surface area contributed by atoms with Crippen LogP contribution in [0.1, 0.15) is 28.4 Å². The predicted octanol–water partition coefficient (Wildman–Crippen LogP) is 2.53. The number of carbonyl (C=O) groups excluding carboxylic acids is 2. The molecule has 0 atom stereocenters. The van der Waals surface area contributed by atoms with Crippen molar-refractivity contribution in [1.82, 2.24) is 5.32 Å². The van der Waals surface area contributed by atoms with Crippen LogP contribution >= 0.6 is 0 Å². The first-order valence-corrected chi connectivity index (χ1v) is 7.38. The SMILES string of the molecule is CC(=O)N1CCc2cc(C(=O)NCc3ccccc3)ccc21. The number of hydrogen-bond acceptors (Lipinski definition) is 2. The fourth-order valence-electron chi connectivity index (χ4n) is 2.75. The van der Waals surface area contributed by atoms with Gasteiger partial charge in [0.2, 0.25) is 5.91 Å². The van der Waals surface area contributed by atoms with Crippen molar-refractivity contribution in [3.05, 3.63) is 65.2 Å². The Labute approximate surface area is 129 Å². The number of anilines is 1. The summed E-state index contributed by atoms with van der Waals surface area (Å²) < 4.78 is 0. The molecule has 2 amide bonds. The maximum Gasteiger partial charge on any atom is 0.251 e. The topological polar surface area (TPSA) is 49.4 Å². The van der Waals surface area contributed by atoms with Crippen LogP contribution in [0.25, 0.3) is 0 Å². The van der Waals surface area contributed by atoms with E-state index in [0.29, 0.717) is 18.7 Å². The first-order chi connectivity index (χ1) is 10.6. The van der Waals surface area contributed by atoms with Gasteiger partial charge in [-0.2, -0.15) is 0 Å². The number of benzene rings is 2. The lowest BCUT2D eigenvalue weighted by molar-refractivity contribution is -0.116. The highest BCUT2D eigenvalue weighted by Crippen LogP contribution is 2.28. The van der Waals surface area contributed by atoms with Gasteiger partial charge in [-0.1, -0.05) is 30.3 Å². The maximum atomic E-state index is 12.2. The molecule has 1 aliphatic rings. The van der Waals surface area contributed by atoms with Crippen molar-refractivity contribution in [2.75, 3.05) is 11.4 Å². The first kappa shape index (κ1) is 14.3. The average Bonchev–Trinajstić information content (AvgIpc) is 2.97. The van der Waals surface area contributed by atoms with E-state index in [1.165, 1.54) is 0 Å². The summed E-state index contributed by atoms with van der Waals surface area (Å²) in [5.41, 5.74) is 3.69. The van der Waals surface area contributed by atoms with E-state index in [2.05, 4.69) is 5.32 Å². The summed E-state index contributed by atoms with van der Waals surface area (Å²) >= 11 is 0. The van der Waals surface area contributed by atoms with Crippen molar-refractivity contribution < 1.29 is 9.59 Å². The molecule has 2 aromatic carbocycles. The van der Waals surface area contributed by atoms with Gasteiger partial charge in [-0.3, -0.25) is 9.59 Å². The molecule has 1 N–H and O–H groups in total. The number of rotatable bonds is 3. The van der Waals surface area contributed by atoms with Crippen LogP contribution in [0, 0.1) is 0 Å². The van der Waals surface area contributed by atoms with Gasteiger partial charge in [0.05, 0.1) is 0 Å². The third kappa shape index (κ3) is 2.86. The highest BCUT2D eigenvalue weighted by Gasteiger charge is 2.22. The van der Waals surface area contributed by atoms with E-state index in [1.54, 1.807) is 17.9 Å². The summed E-state index contributed by atoms with van der Waals surface area (Å²) in [7, 11) is 0. The Balaban J connectivity index is 1.71. The summed E-state index contributed by atoms with van der Waals surface area (Å²) in [6.45, 7) is 2.77. The van der Waals surface area contributed by atoms with Gasteiger partial charge in [0, 0.05) is 31.3 Å². The molecule has 22 heavy (non-hydrogen) atoms. The second-order valence-corrected chi connectivity index (χ2v) is 5.43. The molecular weight excluding hydrogens is 276 g/mol. The third-order valence-corrected chi connectivity index (χ3v) is 3.91. The largest absolute Gasteiger partial charge is 0.348 e. The predicted molar refractivity (Wildman–Crippen MR) is 85.8 cm³/mol. The smallest absolute Gasteiger partial charge is 0.251 e. The minimum atomic E-state index is -0.0899. The van der Waals surface area contributed by atoms with Crippen molar-refractivity contribution >= 4 is 17.5 Å². The Morgan fingerprint density at radius 1 is 1.14 bits per heavy atom. The summed E-state index contributed by atoms with van der Waals surface area (Å²) in [6.07, 6.45) is 0.800. The fraction of sp³-hybridized carbons (Fsp3) is 0.222. The molecule has 0 bridgehead atoms. The Kier molecular flexibility index (Phi) is 3.92. The summed E-state index contributed by atoms with van der Waals surface area (Å²) in [5.74, 6) is -0.0482. The quantitative estimate of drug-likeness (QED) is 0.945. The molecule has 4 nitrogen and oxygen atoms in total. The van der Waals surface area contributed by atoms with Gasteiger partial charge in [0.1, 0.15) is 0 Å². The molecule has 0 spiro atoms. The van der Waals surface area contributed by atoms with E-state index in [1.807, 2.05) is 42.5 Å². The van der Waals surface area contributed by atoms with Crippen molar-refractivity contribution in [1.29, 1.82) is 0 Å². The van der Waals surface area contributed by atoms with E-state index < -0.39 is 0 Å². The van der Waals surface area contributed by atoms with Gasteiger partial charge < -0.3 is 10.2 Å². The van der Waals surface area contributed by atoms with Crippen molar-refractivity contribution in [2.24, 2.45) is 0 Å². The molecule has 0 radical (unpaired) electrons. The van der Waals surface area contributed by atoms with Gasteiger partial charge in [0.15, 0.2) is 0 Å². The number of nitrogens with one attached hydrogen (secondary N) is 1. The van der Waals surface area contributed by atoms with E-state index in [9.17, 15) is 9.59 Å². The molecular formula is C18H18N2O2. The normalized spacial score (nSPS) is 12.9. The number of nitrogens with zero attached hydrogens (tertiary/aromatic N) is 1. The standard InChI is InChI=1S/C18H18N2O2/c1-13(21)20-10-9-15-11-16(7-8-17(15)20)18(22)19-12-14-5-3-2-4-6-14/h2-8,11H,9-10,12H2,1H3,(H,19,22). The van der Waals surface area contributed by atoms with Gasteiger partial charge in [0.25, 0.3) is 5.91 Å². The third-order valence-electron chi connectivity index (χ3n) is 3.91. The van der Waals surface area contributed by atoms with Crippen molar-refractivity contribution in [2.45, 2.75) is 19.9 Å². The van der Waals surface area contributed by atoms with Gasteiger partial charge >= 0.3 is 0 Å².